The normalized spacial score (nSPS) is 21.0. The highest BCUT2D eigenvalue weighted by Gasteiger charge is 2.25. The average molecular weight is 248 g/mol. The van der Waals surface area contributed by atoms with E-state index in [-0.39, 0.29) is 0 Å². The van der Waals surface area contributed by atoms with E-state index in [4.69, 9.17) is 4.74 Å². The van der Waals surface area contributed by atoms with E-state index < -0.39 is 0 Å². The maximum atomic E-state index is 5.44. The van der Waals surface area contributed by atoms with Crippen LogP contribution in [0.25, 0.3) is 0 Å². The summed E-state index contributed by atoms with van der Waals surface area (Å²) in [5.74, 6) is 1.69. The second-order valence-electron chi connectivity index (χ2n) is 5.21. The Hall–Kier alpha value is -1.06. The Balaban J connectivity index is 2.30. The summed E-state index contributed by atoms with van der Waals surface area (Å²) in [4.78, 5) is 0. The number of hydrogen-bond acceptors (Lipinski definition) is 3. The van der Waals surface area contributed by atoms with Gasteiger partial charge >= 0.3 is 0 Å². The molecule has 1 aromatic carbocycles. The van der Waals surface area contributed by atoms with Gasteiger partial charge in [0.2, 0.25) is 0 Å². The van der Waals surface area contributed by atoms with Crippen LogP contribution in [0.2, 0.25) is 0 Å². The molecule has 1 aliphatic heterocycles. The lowest BCUT2D eigenvalue weighted by atomic mass is 9.90. The molecule has 18 heavy (non-hydrogen) atoms. The first-order chi connectivity index (χ1) is 8.67. The van der Waals surface area contributed by atoms with Crippen molar-refractivity contribution >= 4 is 0 Å². The lowest BCUT2D eigenvalue weighted by Crippen LogP contribution is -2.27. The van der Waals surface area contributed by atoms with Crippen LogP contribution in [0.15, 0.2) is 12.1 Å². The van der Waals surface area contributed by atoms with Crippen LogP contribution in [-0.2, 0) is 0 Å². The molecule has 2 unspecified atom stereocenters. The quantitative estimate of drug-likeness (QED) is 0.857. The van der Waals surface area contributed by atoms with Gasteiger partial charge in [0, 0.05) is 6.04 Å². The minimum Gasteiger partial charge on any atom is -0.496 e. The van der Waals surface area contributed by atoms with Crippen LogP contribution in [0.3, 0.4) is 0 Å². The average Bonchev–Trinajstić information content (AvgIpc) is 2.83. The van der Waals surface area contributed by atoms with Crippen molar-refractivity contribution in [2.75, 3.05) is 27.2 Å². The molecule has 1 aliphatic rings. The lowest BCUT2D eigenvalue weighted by Gasteiger charge is -2.24. The smallest absolute Gasteiger partial charge is 0.124 e. The van der Waals surface area contributed by atoms with E-state index in [1.54, 1.807) is 7.11 Å². The van der Waals surface area contributed by atoms with E-state index in [1.165, 1.54) is 23.1 Å². The van der Waals surface area contributed by atoms with Gasteiger partial charge in [-0.25, -0.2) is 0 Å². The number of ether oxygens (including phenoxy) is 1. The van der Waals surface area contributed by atoms with E-state index in [1.807, 2.05) is 0 Å². The van der Waals surface area contributed by atoms with Gasteiger partial charge in [0.05, 0.1) is 7.11 Å². The Kier molecular flexibility index (Phi) is 4.25. The molecule has 2 N–H and O–H groups in total. The molecule has 1 fully saturated rings. The first kappa shape index (κ1) is 13.4. The molecular weight excluding hydrogens is 224 g/mol. The van der Waals surface area contributed by atoms with E-state index in [9.17, 15) is 0 Å². The number of methoxy groups -OCH3 is 1. The molecule has 0 spiro atoms. The van der Waals surface area contributed by atoms with Gasteiger partial charge in [-0.05, 0) is 63.0 Å². The van der Waals surface area contributed by atoms with Gasteiger partial charge < -0.3 is 15.4 Å². The molecule has 3 heteroatoms. The molecule has 2 rings (SSSR count). The molecule has 0 radical (unpaired) electrons. The molecule has 2 atom stereocenters. The predicted molar refractivity (Wildman–Crippen MR) is 75.2 cm³/mol. The molecule has 0 aromatic heterocycles. The highest BCUT2D eigenvalue weighted by molar-refractivity contribution is 5.44. The number of rotatable bonds is 4. The molecule has 0 aliphatic carbocycles. The maximum absolute atomic E-state index is 5.44. The van der Waals surface area contributed by atoms with Crippen molar-refractivity contribution in [2.45, 2.75) is 26.3 Å². The number of hydrogen-bond donors (Lipinski definition) is 2. The summed E-state index contributed by atoms with van der Waals surface area (Å²) >= 11 is 0. The Labute approximate surface area is 110 Å². The van der Waals surface area contributed by atoms with Gasteiger partial charge in [0.1, 0.15) is 5.75 Å². The van der Waals surface area contributed by atoms with E-state index in [0.717, 1.165) is 18.8 Å². The fourth-order valence-electron chi connectivity index (χ4n) is 3.12. The summed E-state index contributed by atoms with van der Waals surface area (Å²) in [5.41, 5.74) is 3.82. The van der Waals surface area contributed by atoms with Crippen molar-refractivity contribution < 1.29 is 4.74 Å². The van der Waals surface area contributed by atoms with E-state index in [2.05, 4.69) is 43.7 Å². The van der Waals surface area contributed by atoms with Crippen molar-refractivity contribution in [3.63, 3.8) is 0 Å². The SMILES string of the molecule is CNC(c1cc(C)c(OC)c(C)c1)C1CCNC1. The monoisotopic (exact) mass is 248 g/mol. The summed E-state index contributed by atoms with van der Waals surface area (Å²) in [6, 6.07) is 4.94. The summed E-state index contributed by atoms with van der Waals surface area (Å²) in [6.07, 6.45) is 1.25. The number of nitrogens with one attached hydrogen (secondary N) is 2. The zero-order chi connectivity index (χ0) is 13.1. The zero-order valence-corrected chi connectivity index (χ0v) is 11.8. The van der Waals surface area contributed by atoms with Crippen molar-refractivity contribution in [3.05, 3.63) is 28.8 Å². The Morgan fingerprint density at radius 2 is 2.00 bits per heavy atom. The van der Waals surface area contributed by atoms with Gasteiger partial charge in [-0.2, -0.15) is 0 Å². The molecule has 1 aromatic rings. The van der Waals surface area contributed by atoms with Crippen LogP contribution in [0.1, 0.15) is 29.2 Å². The highest BCUT2D eigenvalue weighted by Crippen LogP contribution is 2.32. The van der Waals surface area contributed by atoms with Crippen LogP contribution in [0, 0.1) is 19.8 Å². The Bertz CT molecular complexity index is 388. The van der Waals surface area contributed by atoms with Gasteiger partial charge in [-0.15, -0.1) is 0 Å². The third kappa shape index (κ3) is 2.52. The maximum Gasteiger partial charge on any atom is 0.124 e. The van der Waals surface area contributed by atoms with Gasteiger partial charge in [-0.1, -0.05) is 12.1 Å². The molecule has 0 amide bonds. The van der Waals surface area contributed by atoms with Gasteiger partial charge in [0.15, 0.2) is 0 Å². The Morgan fingerprint density at radius 3 is 2.44 bits per heavy atom. The molecule has 100 valence electrons. The summed E-state index contributed by atoms with van der Waals surface area (Å²) in [6.45, 7) is 6.48. The van der Waals surface area contributed by atoms with Crippen LogP contribution in [0.4, 0.5) is 0 Å². The summed E-state index contributed by atoms with van der Waals surface area (Å²) < 4.78 is 5.44. The first-order valence-electron chi connectivity index (χ1n) is 6.70. The third-order valence-electron chi connectivity index (χ3n) is 3.93. The van der Waals surface area contributed by atoms with Crippen molar-refractivity contribution in [1.82, 2.24) is 10.6 Å². The molecule has 1 saturated heterocycles. The van der Waals surface area contributed by atoms with E-state index >= 15 is 0 Å². The summed E-state index contributed by atoms with van der Waals surface area (Å²) in [7, 11) is 3.79. The van der Waals surface area contributed by atoms with Crippen molar-refractivity contribution in [1.29, 1.82) is 0 Å². The molecule has 3 nitrogen and oxygen atoms in total. The third-order valence-corrected chi connectivity index (χ3v) is 3.93. The molecular formula is C15H24N2O. The minimum absolute atomic E-state index is 0.434. The number of benzene rings is 1. The molecule has 1 heterocycles. The zero-order valence-electron chi connectivity index (χ0n) is 11.8. The van der Waals surface area contributed by atoms with Gasteiger partial charge in [0.25, 0.3) is 0 Å². The largest absolute Gasteiger partial charge is 0.496 e. The second kappa shape index (κ2) is 5.72. The highest BCUT2D eigenvalue weighted by atomic mass is 16.5. The Morgan fingerprint density at radius 1 is 1.33 bits per heavy atom. The topological polar surface area (TPSA) is 33.3 Å². The van der Waals surface area contributed by atoms with Crippen molar-refractivity contribution in [3.8, 4) is 5.75 Å². The lowest BCUT2D eigenvalue weighted by molar-refractivity contribution is 0.400. The minimum atomic E-state index is 0.434. The second-order valence-corrected chi connectivity index (χ2v) is 5.21. The fraction of sp³-hybridized carbons (Fsp3) is 0.600. The first-order valence-corrected chi connectivity index (χ1v) is 6.70. The van der Waals surface area contributed by atoms with Crippen molar-refractivity contribution in [2.24, 2.45) is 5.92 Å². The summed E-state index contributed by atoms with van der Waals surface area (Å²) in [5, 5.41) is 6.92. The van der Waals surface area contributed by atoms with Crippen LogP contribution in [-0.4, -0.2) is 27.2 Å². The predicted octanol–water partition coefficient (Wildman–Crippen LogP) is 2.18. The van der Waals surface area contributed by atoms with E-state index in [0.29, 0.717) is 12.0 Å². The molecule has 0 saturated carbocycles. The van der Waals surface area contributed by atoms with Crippen LogP contribution >= 0.6 is 0 Å². The van der Waals surface area contributed by atoms with Crippen LogP contribution in [0.5, 0.6) is 5.75 Å². The molecule has 0 bridgehead atoms. The van der Waals surface area contributed by atoms with Gasteiger partial charge in [-0.3, -0.25) is 0 Å². The standard InChI is InChI=1S/C15H24N2O/c1-10-7-13(8-11(2)15(10)18-4)14(16-3)12-5-6-17-9-12/h7-8,12,14,16-17H,5-6,9H2,1-4H3. The van der Waals surface area contributed by atoms with Crippen LogP contribution < -0.4 is 15.4 Å². The number of aryl methyl sites for hydroxylation is 2. The fourth-order valence-corrected chi connectivity index (χ4v) is 3.12.